The van der Waals surface area contributed by atoms with E-state index < -0.39 is 6.10 Å². The highest BCUT2D eigenvalue weighted by molar-refractivity contribution is 6.28. The second-order valence-corrected chi connectivity index (χ2v) is 4.23. The maximum absolute atomic E-state index is 11.4. The molecule has 1 heterocycles. The summed E-state index contributed by atoms with van der Waals surface area (Å²) in [6.07, 6.45) is 0.147. The van der Waals surface area contributed by atoms with Gasteiger partial charge in [0.05, 0.1) is 0 Å². The lowest BCUT2D eigenvalue weighted by Gasteiger charge is -2.00. The predicted octanol–water partition coefficient (Wildman–Crippen LogP) is 2.15. The zero-order valence-electron chi connectivity index (χ0n) is 9.48. The number of rotatable bonds is 3. The lowest BCUT2D eigenvalue weighted by molar-refractivity contribution is -0.117. The summed E-state index contributed by atoms with van der Waals surface area (Å²) in [5.41, 5.74) is 9.28. The van der Waals surface area contributed by atoms with Gasteiger partial charge in [0.25, 0.3) is 5.78 Å². The van der Waals surface area contributed by atoms with Gasteiger partial charge in [0.15, 0.2) is 6.10 Å². The van der Waals surface area contributed by atoms with Crippen molar-refractivity contribution in [2.24, 2.45) is 0 Å². The van der Waals surface area contributed by atoms with Crippen LogP contribution in [0.5, 0.6) is 0 Å². The second kappa shape index (κ2) is 4.18. The zero-order chi connectivity index (χ0) is 12.5. The van der Waals surface area contributed by atoms with Crippen molar-refractivity contribution in [3.05, 3.63) is 53.6 Å². The van der Waals surface area contributed by atoms with Gasteiger partial charge in [0.2, 0.25) is 0 Å². The van der Waals surface area contributed by atoms with E-state index in [0.29, 0.717) is 0 Å². The highest BCUT2D eigenvalue weighted by Crippen LogP contribution is 2.39. The molecule has 4 nitrogen and oxygen atoms in total. The fraction of sp³-hybridized carbons (Fsp3) is 0.143. The van der Waals surface area contributed by atoms with Crippen molar-refractivity contribution in [3.8, 4) is 0 Å². The minimum atomic E-state index is -0.512. The Kier molecular flexibility index (Phi) is 2.52. The molecule has 3 rings (SSSR count). The maximum Gasteiger partial charge on any atom is 0.326 e. The first-order valence-corrected chi connectivity index (χ1v) is 5.65. The van der Waals surface area contributed by atoms with Crippen molar-refractivity contribution >= 4 is 22.8 Å². The van der Waals surface area contributed by atoms with E-state index in [2.05, 4.69) is 4.79 Å². The summed E-state index contributed by atoms with van der Waals surface area (Å²) >= 11 is 0. The van der Waals surface area contributed by atoms with Crippen LogP contribution in [0.4, 0.5) is 0 Å². The third-order valence-corrected chi connectivity index (χ3v) is 3.06. The van der Waals surface area contributed by atoms with Gasteiger partial charge in [-0.15, -0.1) is 0 Å². The summed E-state index contributed by atoms with van der Waals surface area (Å²) in [6.45, 7) is 0. The molecule has 88 valence electrons. The number of carbonyl (C=O) groups excluding carboxylic acids is 1. The fourth-order valence-corrected chi connectivity index (χ4v) is 2.10. The molecule has 2 aromatic rings. The van der Waals surface area contributed by atoms with E-state index in [0.717, 1.165) is 22.6 Å². The predicted molar refractivity (Wildman–Crippen MR) is 66.3 cm³/mol. The molecular formula is C14H10N2O2. The molecule has 2 atom stereocenters. The van der Waals surface area contributed by atoms with Gasteiger partial charge in [-0.1, -0.05) is 36.4 Å². The van der Waals surface area contributed by atoms with Crippen LogP contribution in [0.1, 0.15) is 11.7 Å². The summed E-state index contributed by atoms with van der Waals surface area (Å²) in [5.74, 6) is -0.310. The van der Waals surface area contributed by atoms with Crippen LogP contribution in [0.25, 0.3) is 16.3 Å². The van der Waals surface area contributed by atoms with Gasteiger partial charge >= 0.3 is 6.21 Å². The summed E-state index contributed by atoms with van der Waals surface area (Å²) in [5, 5.41) is 2.27. The van der Waals surface area contributed by atoms with Gasteiger partial charge in [-0.25, -0.2) is 0 Å². The Bertz CT molecular complexity index is 674. The SMILES string of the molecule is [N-]=[N+]=CC(=O)C1OC1c1ccc2ccccc2c1. The number of fused-ring (bicyclic) bond motifs is 1. The number of ether oxygens (including phenoxy) is 1. The van der Waals surface area contributed by atoms with Crippen LogP contribution in [-0.2, 0) is 9.53 Å². The maximum atomic E-state index is 11.4. The molecule has 1 fully saturated rings. The van der Waals surface area contributed by atoms with Gasteiger partial charge in [-0.2, -0.15) is 4.79 Å². The van der Waals surface area contributed by atoms with Crippen molar-refractivity contribution in [3.63, 3.8) is 0 Å². The van der Waals surface area contributed by atoms with E-state index >= 15 is 0 Å². The van der Waals surface area contributed by atoms with Crippen LogP contribution in [-0.4, -0.2) is 22.9 Å². The number of hydrogen-bond donors (Lipinski definition) is 0. The van der Waals surface area contributed by atoms with Crippen molar-refractivity contribution in [1.29, 1.82) is 0 Å². The van der Waals surface area contributed by atoms with Crippen LogP contribution in [0, 0.1) is 0 Å². The van der Waals surface area contributed by atoms with Crippen molar-refractivity contribution < 1.29 is 14.3 Å². The molecule has 0 spiro atoms. The summed E-state index contributed by atoms with van der Waals surface area (Å²) in [7, 11) is 0. The number of nitrogens with zero attached hydrogens (tertiary/aromatic N) is 2. The molecule has 0 bridgehead atoms. The van der Waals surface area contributed by atoms with Crippen molar-refractivity contribution in [2.45, 2.75) is 12.2 Å². The standard InChI is InChI=1S/C14H10N2O2/c15-16-8-12(17)14-13(18-14)11-6-5-9-3-1-2-4-10(9)7-11/h1-8,13-14H. The first-order valence-electron chi connectivity index (χ1n) is 5.65. The van der Waals surface area contributed by atoms with Crippen LogP contribution < -0.4 is 0 Å². The summed E-state index contributed by atoms with van der Waals surface area (Å²) in [6, 6.07) is 14.0. The molecule has 1 aliphatic heterocycles. The van der Waals surface area contributed by atoms with Crippen LogP contribution in [0.15, 0.2) is 42.5 Å². The lowest BCUT2D eigenvalue weighted by Crippen LogP contribution is -2.09. The molecular weight excluding hydrogens is 228 g/mol. The Morgan fingerprint density at radius 1 is 1.22 bits per heavy atom. The summed E-state index contributed by atoms with van der Waals surface area (Å²) < 4.78 is 5.31. The number of ketones is 1. The number of benzene rings is 2. The van der Waals surface area contributed by atoms with E-state index in [9.17, 15) is 4.79 Å². The lowest BCUT2D eigenvalue weighted by atomic mass is 10.0. The number of epoxide rings is 1. The van der Waals surface area contributed by atoms with Crippen molar-refractivity contribution in [1.82, 2.24) is 0 Å². The molecule has 2 unspecified atom stereocenters. The average Bonchev–Trinajstić information content (AvgIpc) is 3.19. The summed E-state index contributed by atoms with van der Waals surface area (Å²) in [4.78, 5) is 14.1. The minimum Gasteiger partial charge on any atom is -0.361 e. The third-order valence-electron chi connectivity index (χ3n) is 3.06. The molecule has 1 aliphatic rings. The smallest absolute Gasteiger partial charge is 0.326 e. The number of Topliss-reactive ketones (excluding diaryl/α,β-unsaturated/α-hetero) is 1. The number of hydrogen-bond acceptors (Lipinski definition) is 2. The first-order chi connectivity index (χ1) is 8.79. The first kappa shape index (κ1) is 10.8. The highest BCUT2D eigenvalue weighted by atomic mass is 16.6. The highest BCUT2D eigenvalue weighted by Gasteiger charge is 2.46. The molecule has 18 heavy (non-hydrogen) atoms. The Morgan fingerprint density at radius 2 is 2.00 bits per heavy atom. The van der Waals surface area contributed by atoms with E-state index in [1.807, 2.05) is 42.5 Å². The molecule has 0 aromatic heterocycles. The second-order valence-electron chi connectivity index (χ2n) is 4.23. The largest absolute Gasteiger partial charge is 0.361 e. The Hall–Kier alpha value is -2.29. The van der Waals surface area contributed by atoms with E-state index in [1.165, 1.54) is 0 Å². The van der Waals surface area contributed by atoms with E-state index in [4.69, 9.17) is 10.3 Å². The molecule has 1 saturated heterocycles. The van der Waals surface area contributed by atoms with Crippen LogP contribution in [0.2, 0.25) is 0 Å². The monoisotopic (exact) mass is 238 g/mol. The molecule has 0 saturated carbocycles. The normalized spacial score (nSPS) is 21.3. The van der Waals surface area contributed by atoms with Gasteiger partial charge in [0, 0.05) is 0 Å². The third kappa shape index (κ3) is 1.84. The molecule has 0 N–H and O–H groups in total. The Balaban J connectivity index is 1.88. The van der Waals surface area contributed by atoms with Gasteiger partial charge in [-0.3, -0.25) is 4.79 Å². The topological polar surface area (TPSA) is 66.0 Å². The van der Waals surface area contributed by atoms with Gasteiger partial charge < -0.3 is 10.3 Å². The molecule has 0 amide bonds. The van der Waals surface area contributed by atoms with Crippen molar-refractivity contribution in [2.75, 3.05) is 0 Å². The van der Waals surface area contributed by atoms with Crippen LogP contribution >= 0.6 is 0 Å². The minimum absolute atomic E-state index is 0.222. The fourth-order valence-electron chi connectivity index (χ4n) is 2.10. The Labute approximate surface area is 103 Å². The van der Waals surface area contributed by atoms with Gasteiger partial charge in [-0.05, 0) is 22.4 Å². The van der Waals surface area contributed by atoms with E-state index in [-0.39, 0.29) is 11.9 Å². The molecule has 0 aliphatic carbocycles. The molecule has 4 heteroatoms. The molecule has 0 radical (unpaired) electrons. The Morgan fingerprint density at radius 3 is 2.78 bits per heavy atom. The number of carbonyl (C=O) groups is 1. The quantitative estimate of drug-likeness (QED) is 0.356. The average molecular weight is 238 g/mol. The van der Waals surface area contributed by atoms with Gasteiger partial charge in [0.1, 0.15) is 6.10 Å². The van der Waals surface area contributed by atoms with E-state index in [1.54, 1.807) is 0 Å². The molecule has 2 aromatic carbocycles. The van der Waals surface area contributed by atoms with Crippen LogP contribution in [0.3, 0.4) is 0 Å². The zero-order valence-corrected chi connectivity index (χ0v) is 9.48.